The van der Waals surface area contributed by atoms with Gasteiger partial charge in [0.15, 0.2) is 5.15 Å². The lowest BCUT2D eigenvalue weighted by atomic mass is 10.1. The Labute approximate surface area is 82.9 Å². The van der Waals surface area contributed by atoms with Gasteiger partial charge in [-0.1, -0.05) is 11.6 Å². The highest BCUT2D eigenvalue weighted by Gasteiger charge is 2.31. The van der Waals surface area contributed by atoms with E-state index >= 15 is 0 Å². The zero-order chi connectivity index (χ0) is 8.84. The number of aromatic nitrogens is 2. The predicted octanol–water partition coefficient (Wildman–Crippen LogP) is 2.75. The molecule has 13 heavy (non-hydrogen) atoms. The molecule has 1 aromatic heterocycles. The standard InChI is InChI=1S/C10H13ClN2/c11-9-8-3-1-2-6-13(8)10(12-9)7-4-5-7/h7H,1-6H2. The second kappa shape index (κ2) is 2.74. The van der Waals surface area contributed by atoms with E-state index < -0.39 is 0 Å². The zero-order valence-electron chi connectivity index (χ0n) is 7.59. The van der Waals surface area contributed by atoms with Crippen LogP contribution in [-0.4, -0.2) is 9.55 Å². The van der Waals surface area contributed by atoms with E-state index in [-0.39, 0.29) is 0 Å². The lowest BCUT2D eigenvalue weighted by molar-refractivity contribution is 0.515. The molecule has 1 aliphatic heterocycles. The van der Waals surface area contributed by atoms with Gasteiger partial charge < -0.3 is 4.57 Å². The van der Waals surface area contributed by atoms with Gasteiger partial charge in [0.2, 0.25) is 0 Å². The smallest absolute Gasteiger partial charge is 0.150 e. The molecule has 2 nitrogen and oxygen atoms in total. The van der Waals surface area contributed by atoms with Crippen molar-refractivity contribution in [2.24, 2.45) is 0 Å². The van der Waals surface area contributed by atoms with E-state index in [2.05, 4.69) is 9.55 Å². The van der Waals surface area contributed by atoms with Gasteiger partial charge >= 0.3 is 0 Å². The van der Waals surface area contributed by atoms with E-state index in [4.69, 9.17) is 11.6 Å². The summed E-state index contributed by atoms with van der Waals surface area (Å²) in [5, 5.41) is 0.765. The van der Waals surface area contributed by atoms with Crippen molar-refractivity contribution in [3.05, 3.63) is 16.7 Å². The summed E-state index contributed by atoms with van der Waals surface area (Å²) in [7, 11) is 0. The number of hydrogen-bond donors (Lipinski definition) is 0. The number of imidazole rings is 1. The fourth-order valence-corrected chi connectivity index (χ4v) is 2.46. The van der Waals surface area contributed by atoms with Crippen molar-refractivity contribution in [1.82, 2.24) is 9.55 Å². The first-order valence-corrected chi connectivity index (χ1v) is 5.49. The minimum atomic E-state index is 0.726. The van der Waals surface area contributed by atoms with Crippen LogP contribution in [0.5, 0.6) is 0 Å². The van der Waals surface area contributed by atoms with Gasteiger partial charge in [0.1, 0.15) is 5.82 Å². The second-order valence-electron chi connectivity index (χ2n) is 4.09. The zero-order valence-corrected chi connectivity index (χ0v) is 8.35. The quantitative estimate of drug-likeness (QED) is 0.676. The van der Waals surface area contributed by atoms with E-state index in [9.17, 15) is 0 Å². The maximum absolute atomic E-state index is 6.10. The highest BCUT2D eigenvalue weighted by atomic mass is 35.5. The van der Waals surface area contributed by atoms with E-state index in [1.165, 1.54) is 37.2 Å². The largest absolute Gasteiger partial charge is 0.330 e. The van der Waals surface area contributed by atoms with Gasteiger partial charge in [0, 0.05) is 12.5 Å². The summed E-state index contributed by atoms with van der Waals surface area (Å²) in [5.41, 5.74) is 1.29. The lowest BCUT2D eigenvalue weighted by Crippen LogP contribution is -2.12. The summed E-state index contributed by atoms with van der Waals surface area (Å²) in [6.07, 6.45) is 6.31. The number of halogens is 1. The summed E-state index contributed by atoms with van der Waals surface area (Å²) >= 11 is 6.10. The Morgan fingerprint density at radius 3 is 2.92 bits per heavy atom. The Morgan fingerprint density at radius 2 is 2.15 bits per heavy atom. The molecule has 0 radical (unpaired) electrons. The molecule has 0 atom stereocenters. The summed E-state index contributed by atoms with van der Waals surface area (Å²) in [5.74, 6) is 1.99. The number of nitrogens with zero attached hydrogens (tertiary/aromatic N) is 2. The van der Waals surface area contributed by atoms with Crippen LogP contribution in [0.4, 0.5) is 0 Å². The first-order valence-electron chi connectivity index (χ1n) is 5.11. The van der Waals surface area contributed by atoms with Crippen molar-refractivity contribution in [3.8, 4) is 0 Å². The molecular formula is C10H13ClN2. The van der Waals surface area contributed by atoms with E-state index in [0.29, 0.717) is 0 Å². The molecule has 2 heterocycles. The third-order valence-electron chi connectivity index (χ3n) is 3.04. The summed E-state index contributed by atoms with van der Waals surface area (Å²) in [6, 6.07) is 0. The van der Waals surface area contributed by atoms with Gasteiger partial charge in [0.25, 0.3) is 0 Å². The van der Waals surface area contributed by atoms with Crippen molar-refractivity contribution in [3.63, 3.8) is 0 Å². The molecule has 0 N–H and O–H groups in total. The molecule has 1 aromatic rings. The first-order chi connectivity index (χ1) is 6.36. The number of rotatable bonds is 1. The van der Waals surface area contributed by atoms with Crippen LogP contribution in [0.3, 0.4) is 0 Å². The second-order valence-corrected chi connectivity index (χ2v) is 4.45. The highest BCUT2D eigenvalue weighted by Crippen LogP contribution is 2.41. The average molecular weight is 197 g/mol. The molecule has 0 saturated heterocycles. The molecule has 1 fully saturated rings. The van der Waals surface area contributed by atoms with Gasteiger partial charge in [-0.3, -0.25) is 0 Å². The molecule has 0 spiro atoms. The highest BCUT2D eigenvalue weighted by molar-refractivity contribution is 6.30. The van der Waals surface area contributed by atoms with Crippen LogP contribution in [0, 0.1) is 0 Å². The van der Waals surface area contributed by atoms with Gasteiger partial charge in [-0.05, 0) is 32.1 Å². The van der Waals surface area contributed by atoms with Crippen molar-refractivity contribution in [2.75, 3.05) is 0 Å². The molecule has 3 heteroatoms. The predicted molar refractivity (Wildman–Crippen MR) is 52.2 cm³/mol. The minimum Gasteiger partial charge on any atom is -0.330 e. The van der Waals surface area contributed by atoms with Gasteiger partial charge in [-0.2, -0.15) is 0 Å². The Morgan fingerprint density at radius 1 is 1.31 bits per heavy atom. The molecule has 3 rings (SSSR count). The Bertz CT molecular complexity index is 339. The van der Waals surface area contributed by atoms with Crippen LogP contribution in [0.25, 0.3) is 0 Å². The van der Waals surface area contributed by atoms with Crippen LogP contribution < -0.4 is 0 Å². The van der Waals surface area contributed by atoms with Crippen LogP contribution in [0.15, 0.2) is 0 Å². The lowest BCUT2D eigenvalue weighted by Gasteiger charge is -2.16. The molecule has 2 aliphatic rings. The fourth-order valence-electron chi connectivity index (χ4n) is 2.18. The Kier molecular flexibility index (Phi) is 1.66. The third kappa shape index (κ3) is 1.19. The third-order valence-corrected chi connectivity index (χ3v) is 3.34. The van der Waals surface area contributed by atoms with Crippen molar-refractivity contribution < 1.29 is 0 Å². The molecule has 1 aliphatic carbocycles. The van der Waals surface area contributed by atoms with Crippen molar-refractivity contribution in [1.29, 1.82) is 0 Å². The van der Waals surface area contributed by atoms with E-state index in [0.717, 1.165) is 24.0 Å². The molecule has 1 saturated carbocycles. The van der Waals surface area contributed by atoms with Crippen LogP contribution in [-0.2, 0) is 13.0 Å². The first kappa shape index (κ1) is 7.86. The Balaban J connectivity index is 2.09. The summed E-state index contributed by atoms with van der Waals surface area (Å²) in [4.78, 5) is 4.48. The molecule has 0 unspecified atom stereocenters. The van der Waals surface area contributed by atoms with Crippen LogP contribution >= 0.6 is 11.6 Å². The van der Waals surface area contributed by atoms with Crippen LogP contribution in [0.2, 0.25) is 5.15 Å². The maximum Gasteiger partial charge on any atom is 0.150 e. The SMILES string of the molecule is Clc1nc(C2CC2)n2c1CCCC2. The number of fused-ring (bicyclic) bond motifs is 1. The van der Waals surface area contributed by atoms with Gasteiger partial charge in [-0.25, -0.2) is 4.98 Å². The topological polar surface area (TPSA) is 17.8 Å². The molecule has 0 aromatic carbocycles. The monoisotopic (exact) mass is 196 g/mol. The minimum absolute atomic E-state index is 0.726. The molecule has 70 valence electrons. The van der Waals surface area contributed by atoms with Gasteiger partial charge in [-0.15, -0.1) is 0 Å². The molecule has 0 amide bonds. The fraction of sp³-hybridized carbons (Fsp3) is 0.700. The molecule has 0 bridgehead atoms. The van der Waals surface area contributed by atoms with E-state index in [1.807, 2.05) is 0 Å². The normalized spacial score (nSPS) is 21.6. The average Bonchev–Trinajstić information content (AvgIpc) is 2.94. The van der Waals surface area contributed by atoms with Crippen molar-refractivity contribution >= 4 is 11.6 Å². The Hall–Kier alpha value is -0.500. The summed E-state index contributed by atoms with van der Waals surface area (Å²) in [6.45, 7) is 1.14. The maximum atomic E-state index is 6.10. The van der Waals surface area contributed by atoms with E-state index in [1.54, 1.807) is 0 Å². The number of hydrogen-bond acceptors (Lipinski definition) is 1. The summed E-state index contributed by atoms with van der Waals surface area (Å²) < 4.78 is 2.36. The van der Waals surface area contributed by atoms with Crippen molar-refractivity contribution in [2.45, 2.75) is 44.6 Å². The van der Waals surface area contributed by atoms with Gasteiger partial charge in [0.05, 0.1) is 5.69 Å². The molecular weight excluding hydrogens is 184 g/mol. The van der Waals surface area contributed by atoms with Crippen LogP contribution in [0.1, 0.15) is 43.1 Å².